The van der Waals surface area contributed by atoms with E-state index in [1.54, 1.807) is 35.0 Å². The number of aromatic nitrogens is 3. The molecule has 0 aliphatic carbocycles. The standard InChI is InChI=1S/C20H19ClN4O3/c1-12-4-6-16(9-17(12)21)23-19(26)11-28-20(27)15-5-7-18(22-10-15)25-14(3)8-13(2)24-25/h4-10H,11H2,1-3H3,(H,23,26). The number of halogens is 1. The second-order valence-electron chi connectivity index (χ2n) is 6.33. The van der Waals surface area contributed by atoms with Gasteiger partial charge in [-0.2, -0.15) is 5.10 Å². The molecule has 0 unspecified atom stereocenters. The van der Waals surface area contributed by atoms with E-state index in [4.69, 9.17) is 16.3 Å². The molecule has 8 heteroatoms. The molecule has 3 aromatic rings. The van der Waals surface area contributed by atoms with Crippen molar-refractivity contribution in [1.29, 1.82) is 0 Å². The van der Waals surface area contributed by atoms with Gasteiger partial charge in [-0.15, -0.1) is 0 Å². The number of rotatable bonds is 5. The van der Waals surface area contributed by atoms with E-state index in [2.05, 4.69) is 15.4 Å². The Labute approximate surface area is 167 Å². The Morgan fingerprint density at radius 2 is 1.93 bits per heavy atom. The van der Waals surface area contributed by atoms with Crippen LogP contribution in [0.25, 0.3) is 5.82 Å². The van der Waals surface area contributed by atoms with Crippen molar-refractivity contribution >= 4 is 29.2 Å². The number of pyridine rings is 1. The molecule has 7 nitrogen and oxygen atoms in total. The SMILES string of the molecule is Cc1cc(C)n(-c2ccc(C(=O)OCC(=O)Nc3ccc(C)c(Cl)c3)cn2)n1. The Morgan fingerprint density at radius 1 is 1.14 bits per heavy atom. The van der Waals surface area contributed by atoms with Gasteiger partial charge in [-0.1, -0.05) is 17.7 Å². The lowest BCUT2D eigenvalue weighted by Crippen LogP contribution is -2.21. The van der Waals surface area contributed by atoms with Gasteiger partial charge in [0.2, 0.25) is 0 Å². The largest absolute Gasteiger partial charge is 0.452 e. The van der Waals surface area contributed by atoms with E-state index in [0.29, 0.717) is 16.5 Å². The van der Waals surface area contributed by atoms with Crippen LogP contribution < -0.4 is 5.32 Å². The minimum absolute atomic E-state index is 0.247. The topological polar surface area (TPSA) is 86.1 Å². The molecule has 3 rings (SSSR count). The predicted molar refractivity (Wildman–Crippen MR) is 106 cm³/mol. The van der Waals surface area contributed by atoms with Gasteiger partial charge in [-0.05, 0) is 56.7 Å². The van der Waals surface area contributed by atoms with Crippen molar-refractivity contribution in [2.75, 3.05) is 11.9 Å². The van der Waals surface area contributed by atoms with Gasteiger partial charge < -0.3 is 10.1 Å². The first-order valence-corrected chi connectivity index (χ1v) is 8.94. The molecule has 144 valence electrons. The van der Waals surface area contributed by atoms with Crippen molar-refractivity contribution in [1.82, 2.24) is 14.8 Å². The fourth-order valence-electron chi connectivity index (χ4n) is 2.58. The lowest BCUT2D eigenvalue weighted by Gasteiger charge is -2.08. The number of ether oxygens (including phenoxy) is 1. The van der Waals surface area contributed by atoms with Crippen molar-refractivity contribution < 1.29 is 14.3 Å². The highest BCUT2D eigenvalue weighted by Gasteiger charge is 2.12. The van der Waals surface area contributed by atoms with Gasteiger partial charge in [0.15, 0.2) is 12.4 Å². The number of nitrogens with zero attached hydrogens (tertiary/aromatic N) is 3. The summed E-state index contributed by atoms with van der Waals surface area (Å²) < 4.78 is 6.73. The molecule has 0 spiro atoms. The fraction of sp³-hybridized carbons (Fsp3) is 0.200. The van der Waals surface area contributed by atoms with Crippen LogP contribution in [-0.4, -0.2) is 33.2 Å². The molecule has 0 saturated heterocycles. The van der Waals surface area contributed by atoms with Crippen LogP contribution in [0.15, 0.2) is 42.6 Å². The van der Waals surface area contributed by atoms with E-state index in [1.165, 1.54) is 6.20 Å². The van der Waals surface area contributed by atoms with Gasteiger partial charge in [-0.25, -0.2) is 14.5 Å². The summed E-state index contributed by atoms with van der Waals surface area (Å²) in [5.74, 6) is -0.499. The van der Waals surface area contributed by atoms with Crippen LogP contribution in [0.3, 0.4) is 0 Å². The first kappa shape index (κ1) is 19.6. The Balaban J connectivity index is 1.57. The number of hydrogen-bond acceptors (Lipinski definition) is 5. The molecule has 28 heavy (non-hydrogen) atoms. The molecule has 2 aromatic heterocycles. The number of carbonyl (C=O) groups excluding carboxylic acids is 2. The number of aryl methyl sites for hydroxylation is 3. The second kappa shape index (κ2) is 8.22. The van der Waals surface area contributed by atoms with Crippen molar-refractivity contribution in [2.45, 2.75) is 20.8 Å². The van der Waals surface area contributed by atoms with Gasteiger partial charge in [0.05, 0.1) is 11.3 Å². The summed E-state index contributed by atoms with van der Waals surface area (Å²) in [6.07, 6.45) is 1.39. The third-order valence-corrected chi connectivity index (χ3v) is 4.41. The molecule has 2 heterocycles. The minimum Gasteiger partial charge on any atom is -0.452 e. The zero-order valence-electron chi connectivity index (χ0n) is 15.7. The van der Waals surface area contributed by atoms with E-state index in [1.807, 2.05) is 26.8 Å². The summed E-state index contributed by atoms with van der Waals surface area (Å²) in [5, 5.41) is 7.51. The maximum Gasteiger partial charge on any atom is 0.340 e. The predicted octanol–water partition coefficient (Wildman–Crippen LogP) is 3.64. The van der Waals surface area contributed by atoms with E-state index >= 15 is 0 Å². The summed E-state index contributed by atoms with van der Waals surface area (Å²) in [4.78, 5) is 28.3. The number of benzene rings is 1. The number of nitrogens with one attached hydrogen (secondary N) is 1. The lowest BCUT2D eigenvalue weighted by molar-refractivity contribution is -0.119. The summed E-state index contributed by atoms with van der Waals surface area (Å²) in [7, 11) is 0. The molecule has 0 aliphatic heterocycles. The smallest absolute Gasteiger partial charge is 0.340 e. The third-order valence-electron chi connectivity index (χ3n) is 4.00. The summed E-state index contributed by atoms with van der Waals surface area (Å²) in [6, 6.07) is 10.3. The van der Waals surface area contributed by atoms with Crippen LogP contribution in [0.2, 0.25) is 5.02 Å². The number of amides is 1. The molecule has 1 amide bonds. The Kier molecular flexibility index (Phi) is 5.75. The van der Waals surface area contributed by atoms with Crippen molar-refractivity contribution in [3.05, 3.63) is 70.1 Å². The third kappa shape index (κ3) is 4.55. The van der Waals surface area contributed by atoms with Crippen molar-refractivity contribution in [3.8, 4) is 5.82 Å². The van der Waals surface area contributed by atoms with Crippen LogP contribution in [0, 0.1) is 20.8 Å². The summed E-state index contributed by atoms with van der Waals surface area (Å²) >= 11 is 6.02. The Morgan fingerprint density at radius 3 is 2.54 bits per heavy atom. The summed E-state index contributed by atoms with van der Waals surface area (Å²) in [5.41, 5.74) is 3.50. The Hall–Kier alpha value is -3.19. The number of carbonyl (C=O) groups is 2. The zero-order chi connectivity index (χ0) is 20.3. The van der Waals surface area contributed by atoms with Crippen LogP contribution in [0.1, 0.15) is 27.3 Å². The van der Waals surface area contributed by atoms with E-state index < -0.39 is 18.5 Å². The molecule has 1 N–H and O–H groups in total. The van der Waals surface area contributed by atoms with Crippen LogP contribution in [0.5, 0.6) is 0 Å². The maximum atomic E-state index is 12.1. The zero-order valence-corrected chi connectivity index (χ0v) is 16.4. The molecule has 0 radical (unpaired) electrons. The van der Waals surface area contributed by atoms with Gasteiger partial charge in [-0.3, -0.25) is 4.79 Å². The first-order valence-electron chi connectivity index (χ1n) is 8.56. The maximum absolute atomic E-state index is 12.1. The average molecular weight is 399 g/mol. The van der Waals surface area contributed by atoms with Crippen molar-refractivity contribution in [2.24, 2.45) is 0 Å². The fourth-order valence-corrected chi connectivity index (χ4v) is 2.76. The molecular formula is C20H19ClN4O3. The highest BCUT2D eigenvalue weighted by molar-refractivity contribution is 6.31. The van der Waals surface area contributed by atoms with Crippen molar-refractivity contribution in [3.63, 3.8) is 0 Å². The van der Waals surface area contributed by atoms with Gasteiger partial charge >= 0.3 is 5.97 Å². The van der Waals surface area contributed by atoms with Gasteiger partial charge in [0, 0.05) is 22.6 Å². The van der Waals surface area contributed by atoms with E-state index in [-0.39, 0.29) is 5.56 Å². The molecule has 0 fully saturated rings. The van der Waals surface area contributed by atoms with Gasteiger partial charge in [0.1, 0.15) is 0 Å². The molecule has 0 bridgehead atoms. The molecule has 0 aliphatic rings. The molecule has 1 aromatic carbocycles. The number of esters is 1. The Bertz CT molecular complexity index is 1030. The monoisotopic (exact) mass is 398 g/mol. The lowest BCUT2D eigenvalue weighted by atomic mass is 10.2. The number of anilines is 1. The van der Waals surface area contributed by atoms with Crippen LogP contribution >= 0.6 is 11.6 Å². The quantitative estimate of drug-likeness (QED) is 0.663. The van der Waals surface area contributed by atoms with Crippen LogP contribution in [0.4, 0.5) is 5.69 Å². The van der Waals surface area contributed by atoms with Crippen LogP contribution in [-0.2, 0) is 9.53 Å². The highest BCUT2D eigenvalue weighted by atomic mass is 35.5. The molecule has 0 atom stereocenters. The first-order chi connectivity index (χ1) is 13.3. The van der Waals surface area contributed by atoms with Gasteiger partial charge in [0.25, 0.3) is 5.91 Å². The minimum atomic E-state index is -0.635. The summed E-state index contributed by atoms with van der Waals surface area (Å²) in [6.45, 7) is 5.27. The van der Waals surface area contributed by atoms with E-state index in [0.717, 1.165) is 17.0 Å². The average Bonchev–Trinajstić information content (AvgIpc) is 3.01. The molecule has 0 saturated carbocycles. The highest BCUT2D eigenvalue weighted by Crippen LogP contribution is 2.19. The normalized spacial score (nSPS) is 10.6. The number of hydrogen-bond donors (Lipinski definition) is 1. The molecular weight excluding hydrogens is 380 g/mol. The second-order valence-corrected chi connectivity index (χ2v) is 6.74. The van der Waals surface area contributed by atoms with E-state index in [9.17, 15) is 9.59 Å².